The topological polar surface area (TPSA) is 81.4 Å². The van der Waals surface area contributed by atoms with Crippen LogP contribution in [-0.2, 0) is 9.53 Å². The quantitative estimate of drug-likeness (QED) is 0.818. The van der Waals surface area contributed by atoms with Crippen LogP contribution in [-0.4, -0.2) is 25.0 Å². The zero-order chi connectivity index (χ0) is 15.3. The molecule has 110 valence electrons. The smallest absolute Gasteiger partial charge is 0.337 e. The molecule has 5 nitrogen and oxygen atoms in total. The first kappa shape index (κ1) is 16.5. The predicted octanol–water partition coefficient (Wildman–Crippen LogP) is 2.44. The van der Waals surface area contributed by atoms with E-state index in [1.54, 1.807) is 0 Å². The minimum Gasteiger partial charge on any atom is -0.465 e. The number of nitrogens with one attached hydrogen (secondary N) is 1. The average Bonchev–Trinajstić information content (AvgIpc) is 2.39. The SMILES string of the molecule is COC(=O)c1ccc(Cl)c(NC(=O)[C@H](N)CC(C)C)c1. The van der Waals surface area contributed by atoms with E-state index in [0.29, 0.717) is 28.6 Å². The highest BCUT2D eigenvalue weighted by atomic mass is 35.5. The molecule has 0 saturated heterocycles. The van der Waals surface area contributed by atoms with E-state index < -0.39 is 12.0 Å². The maximum atomic E-state index is 11.9. The molecule has 0 radical (unpaired) electrons. The number of methoxy groups -OCH3 is 1. The molecule has 3 N–H and O–H groups in total. The number of benzene rings is 1. The van der Waals surface area contributed by atoms with Crippen molar-refractivity contribution in [1.29, 1.82) is 0 Å². The fourth-order valence-electron chi connectivity index (χ4n) is 1.71. The highest BCUT2D eigenvalue weighted by Crippen LogP contribution is 2.23. The molecule has 0 saturated carbocycles. The second-order valence-electron chi connectivity index (χ2n) is 4.91. The summed E-state index contributed by atoms with van der Waals surface area (Å²) in [7, 11) is 1.29. The molecule has 1 amide bonds. The van der Waals surface area contributed by atoms with Crippen molar-refractivity contribution in [2.45, 2.75) is 26.3 Å². The van der Waals surface area contributed by atoms with E-state index in [1.807, 2.05) is 13.8 Å². The van der Waals surface area contributed by atoms with Gasteiger partial charge in [-0.15, -0.1) is 0 Å². The van der Waals surface area contributed by atoms with E-state index >= 15 is 0 Å². The second kappa shape index (κ2) is 7.26. The lowest BCUT2D eigenvalue weighted by atomic mass is 10.0. The third-order valence-corrected chi connectivity index (χ3v) is 3.04. The van der Waals surface area contributed by atoms with E-state index in [2.05, 4.69) is 10.1 Å². The van der Waals surface area contributed by atoms with Crippen LogP contribution in [0.4, 0.5) is 5.69 Å². The van der Waals surface area contributed by atoms with Gasteiger partial charge in [0.15, 0.2) is 0 Å². The fourth-order valence-corrected chi connectivity index (χ4v) is 1.87. The summed E-state index contributed by atoms with van der Waals surface area (Å²) in [6, 6.07) is 3.90. The van der Waals surface area contributed by atoms with Crippen LogP contribution in [0.1, 0.15) is 30.6 Å². The fraction of sp³-hybridized carbons (Fsp3) is 0.429. The van der Waals surface area contributed by atoms with Gasteiger partial charge in [0.2, 0.25) is 5.91 Å². The Kier molecular flexibility index (Phi) is 5.98. The van der Waals surface area contributed by atoms with Crippen LogP contribution in [0.3, 0.4) is 0 Å². The molecular formula is C14H19ClN2O3. The monoisotopic (exact) mass is 298 g/mol. The van der Waals surface area contributed by atoms with Crippen molar-refractivity contribution in [2.24, 2.45) is 11.7 Å². The molecular weight excluding hydrogens is 280 g/mol. The number of esters is 1. The van der Waals surface area contributed by atoms with Crippen LogP contribution < -0.4 is 11.1 Å². The molecule has 6 heteroatoms. The molecule has 0 aliphatic heterocycles. The molecule has 1 rings (SSSR count). The molecule has 1 aromatic rings. The zero-order valence-electron chi connectivity index (χ0n) is 11.8. The summed E-state index contributed by atoms with van der Waals surface area (Å²) in [6.07, 6.45) is 0.570. The molecule has 0 aliphatic carbocycles. The normalized spacial score (nSPS) is 12.1. The lowest BCUT2D eigenvalue weighted by Crippen LogP contribution is -2.36. The molecule has 0 unspecified atom stereocenters. The lowest BCUT2D eigenvalue weighted by molar-refractivity contribution is -0.117. The Balaban J connectivity index is 2.86. The Bertz CT molecular complexity index is 503. The number of ether oxygens (including phenoxy) is 1. The second-order valence-corrected chi connectivity index (χ2v) is 5.32. The number of carbonyl (C=O) groups is 2. The summed E-state index contributed by atoms with van der Waals surface area (Å²) < 4.78 is 4.62. The first-order valence-electron chi connectivity index (χ1n) is 6.29. The van der Waals surface area contributed by atoms with Crippen LogP contribution in [0.2, 0.25) is 5.02 Å². The predicted molar refractivity (Wildman–Crippen MR) is 78.9 cm³/mol. The summed E-state index contributed by atoms with van der Waals surface area (Å²) in [5, 5.41) is 2.97. The van der Waals surface area contributed by atoms with E-state index in [9.17, 15) is 9.59 Å². The average molecular weight is 299 g/mol. The van der Waals surface area contributed by atoms with Gasteiger partial charge in [-0.3, -0.25) is 4.79 Å². The van der Waals surface area contributed by atoms with Gasteiger partial charge in [-0.2, -0.15) is 0 Å². The van der Waals surface area contributed by atoms with Gasteiger partial charge >= 0.3 is 5.97 Å². The van der Waals surface area contributed by atoms with Crippen LogP contribution in [0.5, 0.6) is 0 Å². The zero-order valence-corrected chi connectivity index (χ0v) is 12.5. The number of hydrogen-bond donors (Lipinski definition) is 2. The third kappa shape index (κ3) is 4.51. The van der Waals surface area contributed by atoms with Gasteiger partial charge in [0.05, 0.1) is 29.4 Å². The van der Waals surface area contributed by atoms with Crippen LogP contribution in [0, 0.1) is 5.92 Å². The Morgan fingerprint density at radius 3 is 2.60 bits per heavy atom. The molecule has 0 spiro atoms. The highest BCUT2D eigenvalue weighted by Gasteiger charge is 2.17. The third-order valence-electron chi connectivity index (χ3n) is 2.71. The van der Waals surface area contributed by atoms with Crippen molar-refractivity contribution in [3.63, 3.8) is 0 Å². The molecule has 0 aromatic heterocycles. The van der Waals surface area contributed by atoms with E-state index in [1.165, 1.54) is 25.3 Å². The molecule has 1 atom stereocenters. The van der Waals surface area contributed by atoms with Gasteiger partial charge in [0.25, 0.3) is 0 Å². The van der Waals surface area contributed by atoms with Crippen molar-refractivity contribution >= 4 is 29.2 Å². The Morgan fingerprint density at radius 2 is 2.05 bits per heavy atom. The minimum absolute atomic E-state index is 0.310. The number of amides is 1. The number of hydrogen-bond acceptors (Lipinski definition) is 4. The number of nitrogens with two attached hydrogens (primary N) is 1. The number of anilines is 1. The summed E-state index contributed by atoms with van der Waals surface area (Å²) in [5.74, 6) is -0.515. The molecule has 0 heterocycles. The molecule has 0 aliphatic rings. The largest absolute Gasteiger partial charge is 0.465 e. The summed E-state index contributed by atoms with van der Waals surface area (Å²) in [6.45, 7) is 3.97. The maximum Gasteiger partial charge on any atom is 0.337 e. The van der Waals surface area contributed by atoms with Gasteiger partial charge in [0.1, 0.15) is 0 Å². The summed E-state index contributed by atoms with van der Waals surface area (Å²) in [4.78, 5) is 23.4. The van der Waals surface area contributed by atoms with Crippen molar-refractivity contribution < 1.29 is 14.3 Å². The Morgan fingerprint density at radius 1 is 1.40 bits per heavy atom. The lowest BCUT2D eigenvalue weighted by Gasteiger charge is -2.15. The molecule has 1 aromatic carbocycles. The van der Waals surface area contributed by atoms with E-state index in [0.717, 1.165) is 0 Å². The maximum absolute atomic E-state index is 11.9. The van der Waals surface area contributed by atoms with Gasteiger partial charge in [-0.1, -0.05) is 25.4 Å². The number of halogens is 1. The van der Waals surface area contributed by atoms with Gasteiger partial charge in [-0.25, -0.2) is 4.79 Å². The first-order valence-corrected chi connectivity index (χ1v) is 6.67. The molecule has 0 bridgehead atoms. The van der Waals surface area contributed by atoms with Gasteiger partial charge in [0, 0.05) is 0 Å². The van der Waals surface area contributed by atoms with Crippen molar-refractivity contribution in [3.05, 3.63) is 28.8 Å². The van der Waals surface area contributed by atoms with E-state index in [-0.39, 0.29) is 5.91 Å². The standard InChI is InChI=1S/C14H19ClN2O3/c1-8(2)6-11(16)13(18)17-12-7-9(14(19)20-3)4-5-10(12)15/h4-5,7-8,11H,6,16H2,1-3H3,(H,17,18)/t11-/m1/s1. The molecule has 0 fully saturated rings. The van der Waals surface area contributed by atoms with Crippen molar-refractivity contribution in [1.82, 2.24) is 0 Å². The molecule has 20 heavy (non-hydrogen) atoms. The summed E-state index contributed by atoms with van der Waals surface area (Å²) in [5.41, 5.74) is 6.45. The number of rotatable bonds is 5. The van der Waals surface area contributed by atoms with Crippen molar-refractivity contribution in [3.8, 4) is 0 Å². The van der Waals surface area contributed by atoms with E-state index in [4.69, 9.17) is 17.3 Å². The number of carbonyl (C=O) groups excluding carboxylic acids is 2. The van der Waals surface area contributed by atoms with Crippen LogP contribution in [0.25, 0.3) is 0 Å². The highest BCUT2D eigenvalue weighted by molar-refractivity contribution is 6.33. The van der Waals surface area contributed by atoms with Crippen LogP contribution >= 0.6 is 11.6 Å². The minimum atomic E-state index is -0.618. The van der Waals surface area contributed by atoms with Crippen molar-refractivity contribution in [2.75, 3.05) is 12.4 Å². The van der Waals surface area contributed by atoms with Gasteiger partial charge in [-0.05, 0) is 30.5 Å². The Labute approximate surface area is 123 Å². The van der Waals surface area contributed by atoms with Gasteiger partial charge < -0.3 is 15.8 Å². The van der Waals surface area contributed by atoms with Crippen LogP contribution in [0.15, 0.2) is 18.2 Å². The Hall–Kier alpha value is -1.59. The first-order chi connectivity index (χ1) is 9.35. The summed E-state index contributed by atoms with van der Waals surface area (Å²) >= 11 is 5.99.